The molecule has 324 valence electrons. The number of hydrogen-bond acceptors (Lipinski definition) is 6. The number of hydrogen-bond donors (Lipinski definition) is 0. The van der Waals surface area contributed by atoms with E-state index in [-0.39, 0.29) is 0 Å². The average Bonchev–Trinajstić information content (AvgIpc) is 4.19. The van der Waals surface area contributed by atoms with E-state index in [9.17, 15) is 0 Å². The lowest BCUT2D eigenvalue weighted by atomic mass is 9.99. The van der Waals surface area contributed by atoms with E-state index >= 15 is 0 Å². The Morgan fingerprint density at radius 3 is 1.74 bits per heavy atom. The van der Waals surface area contributed by atoms with E-state index in [1.807, 2.05) is 72.8 Å². The normalized spacial score (nSPS) is 12.3. The van der Waals surface area contributed by atoms with E-state index in [2.05, 4.69) is 138 Å². The summed E-state index contributed by atoms with van der Waals surface area (Å²) in [6.07, 6.45) is 0. The number of aromatic nitrogens is 4. The maximum absolute atomic E-state index is 6.97. The Labute approximate surface area is 397 Å². The topological polar surface area (TPSA) is 83.0 Å². The summed E-state index contributed by atoms with van der Waals surface area (Å²) in [7, 11) is 0. The largest absolute Gasteiger partial charge is 0.456 e. The van der Waals surface area contributed by atoms with Crippen molar-refractivity contribution in [3.05, 3.63) is 206 Å². The fraction of sp³-hybridized carbons (Fsp3) is 0. The highest BCUT2D eigenvalue weighted by Crippen LogP contribution is 2.45. The van der Waals surface area contributed by atoms with Crippen LogP contribution in [0.5, 0.6) is 0 Å². The number of furan rings is 3. The van der Waals surface area contributed by atoms with Crippen molar-refractivity contribution in [1.29, 1.82) is 0 Å². The van der Waals surface area contributed by atoms with Crippen LogP contribution in [0.15, 0.2) is 220 Å². The molecule has 7 heteroatoms. The Morgan fingerprint density at radius 2 is 0.914 bits per heavy atom. The number of benzene rings is 11. The van der Waals surface area contributed by atoms with Crippen molar-refractivity contribution in [3.8, 4) is 39.9 Å². The van der Waals surface area contributed by atoms with Crippen molar-refractivity contribution in [2.45, 2.75) is 0 Å². The first-order chi connectivity index (χ1) is 34.7. The molecule has 0 atom stereocenters. The van der Waals surface area contributed by atoms with Crippen molar-refractivity contribution >= 4 is 120 Å². The Morgan fingerprint density at radius 1 is 0.300 bits per heavy atom. The molecule has 0 unspecified atom stereocenters. The monoisotopic (exact) mass is 894 g/mol. The van der Waals surface area contributed by atoms with Crippen molar-refractivity contribution in [2.24, 2.45) is 0 Å². The SMILES string of the molecule is c1ccc2cc3c(cc2c1)c1c2ccccc2ccc1n3-c1ccc2cc(-c3nc(-c4ccc5oc6ccccc6c5c4)nc(-c4cccc5c4oc4ccccc45)n3)c3oc4ccccc4c3c2c1. The molecule has 5 aromatic heterocycles. The van der Waals surface area contributed by atoms with E-state index in [0.717, 1.165) is 98.8 Å². The van der Waals surface area contributed by atoms with Crippen LogP contribution in [0.1, 0.15) is 0 Å². The van der Waals surface area contributed by atoms with E-state index in [4.69, 9.17) is 28.2 Å². The molecule has 0 bridgehead atoms. The fourth-order valence-corrected chi connectivity index (χ4v) is 11.2. The standard InChI is InChI=1S/C63H34N4O3/c1-2-14-37-33-52-49(30-36(37)13-1)57-41-15-4-3-12-35(41)25-28-51(57)67(52)40-27-24-38-31-50(60-58(47(38)34-40)45-18-7-10-23-55(45)70-60)63-65-61(39-26-29-56-48(32-39)43-17-6-8-21-53(43)68-56)64-62(66-63)46-20-11-19-44-42-16-5-9-22-54(42)69-59(44)46/h1-34H. The van der Waals surface area contributed by atoms with Crippen molar-refractivity contribution in [2.75, 3.05) is 0 Å². The summed E-state index contributed by atoms with van der Waals surface area (Å²) >= 11 is 0. The summed E-state index contributed by atoms with van der Waals surface area (Å²) in [5.74, 6) is 1.50. The molecule has 0 radical (unpaired) electrons. The Balaban J connectivity index is 0.968. The maximum atomic E-state index is 6.97. The molecule has 0 aliphatic carbocycles. The van der Waals surface area contributed by atoms with Gasteiger partial charge in [0.25, 0.3) is 0 Å². The quantitative estimate of drug-likeness (QED) is 0.175. The molecule has 16 aromatic rings. The molecule has 0 saturated carbocycles. The van der Waals surface area contributed by atoms with Gasteiger partial charge in [0.2, 0.25) is 0 Å². The van der Waals surface area contributed by atoms with Gasteiger partial charge in [-0.15, -0.1) is 0 Å². The summed E-state index contributed by atoms with van der Waals surface area (Å²) in [6, 6.07) is 72.3. The van der Waals surface area contributed by atoms with Gasteiger partial charge in [-0.3, -0.25) is 0 Å². The van der Waals surface area contributed by atoms with Crippen molar-refractivity contribution in [3.63, 3.8) is 0 Å². The smallest absolute Gasteiger partial charge is 0.167 e. The molecule has 0 fully saturated rings. The van der Waals surface area contributed by atoms with Gasteiger partial charge in [-0.25, -0.2) is 15.0 Å². The zero-order valence-electron chi connectivity index (χ0n) is 37.1. The second-order valence-electron chi connectivity index (χ2n) is 18.3. The molecule has 11 aromatic carbocycles. The summed E-state index contributed by atoms with van der Waals surface area (Å²) in [5, 5.41) is 15.5. The molecule has 7 nitrogen and oxygen atoms in total. The van der Waals surface area contributed by atoms with Crippen molar-refractivity contribution in [1.82, 2.24) is 19.5 Å². The number of fused-ring (bicyclic) bond motifs is 17. The second-order valence-corrected chi connectivity index (χ2v) is 18.3. The Hall–Kier alpha value is -9.59. The average molecular weight is 895 g/mol. The molecule has 16 rings (SSSR count). The minimum Gasteiger partial charge on any atom is -0.456 e. The summed E-state index contributed by atoms with van der Waals surface area (Å²) in [5.41, 5.74) is 10.4. The van der Waals surface area contributed by atoms with Gasteiger partial charge in [-0.1, -0.05) is 127 Å². The highest BCUT2D eigenvalue weighted by atomic mass is 16.3. The van der Waals surface area contributed by atoms with Gasteiger partial charge in [-0.05, 0) is 111 Å². The zero-order valence-corrected chi connectivity index (χ0v) is 37.1. The van der Waals surface area contributed by atoms with Gasteiger partial charge in [0.15, 0.2) is 17.5 Å². The molecule has 0 spiro atoms. The molecule has 0 saturated heterocycles. The second kappa shape index (κ2) is 14.0. The van der Waals surface area contributed by atoms with Crippen LogP contribution >= 0.6 is 0 Å². The van der Waals surface area contributed by atoms with Crippen LogP contribution in [0.3, 0.4) is 0 Å². The third-order valence-electron chi connectivity index (χ3n) is 14.4. The highest BCUT2D eigenvalue weighted by Gasteiger charge is 2.24. The van der Waals surface area contributed by atoms with Gasteiger partial charge in [-0.2, -0.15) is 0 Å². The Kier molecular flexibility index (Phi) is 7.49. The van der Waals surface area contributed by atoms with Crippen LogP contribution in [0.25, 0.3) is 160 Å². The lowest BCUT2D eigenvalue weighted by Crippen LogP contribution is -2.01. The first-order valence-electron chi connectivity index (χ1n) is 23.5. The third kappa shape index (κ3) is 5.31. The van der Waals surface area contributed by atoms with Crippen LogP contribution in [0.2, 0.25) is 0 Å². The minimum atomic E-state index is 0.487. The number of rotatable bonds is 4. The van der Waals surface area contributed by atoms with Gasteiger partial charge in [0.1, 0.15) is 33.5 Å². The summed E-state index contributed by atoms with van der Waals surface area (Å²) < 4.78 is 22.2. The fourth-order valence-electron chi connectivity index (χ4n) is 11.2. The van der Waals surface area contributed by atoms with Gasteiger partial charge >= 0.3 is 0 Å². The predicted molar refractivity (Wildman–Crippen MR) is 285 cm³/mol. The maximum Gasteiger partial charge on any atom is 0.167 e. The van der Waals surface area contributed by atoms with Crippen LogP contribution in [0, 0.1) is 0 Å². The van der Waals surface area contributed by atoms with Crippen LogP contribution in [0.4, 0.5) is 0 Å². The number of para-hydroxylation sites is 4. The zero-order chi connectivity index (χ0) is 45.6. The van der Waals surface area contributed by atoms with Crippen molar-refractivity contribution < 1.29 is 13.3 Å². The van der Waals surface area contributed by atoms with Gasteiger partial charge in [0, 0.05) is 54.3 Å². The molecular weight excluding hydrogens is 861 g/mol. The van der Waals surface area contributed by atoms with E-state index in [0.29, 0.717) is 28.6 Å². The van der Waals surface area contributed by atoms with Gasteiger partial charge in [0.05, 0.1) is 22.2 Å². The van der Waals surface area contributed by atoms with Crippen LogP contribution in [-0.2, 0) is 0 Å². The molecule has 0 aliphatic heterocycles. The molecule has 70 heavy (non-hydrogen) atoms. The lowest BCUT2D eigenvalue weighted by molar-refractivity contribution is 0.668. The Bertz CT molecular complexity index is 4920. The summed E-state index contributed by atoms with van der Waals surface area (Å²) in [6.45, 7) is 0. The lowest BCUT2D eigenvalue weighted by Gasteiger charge is -2.13. The molecule has 5 heterocycles. The first-order valence-corrected chi connectivity index (χ1v) is 23.5. The minimum absolute atomic E-state index is 0.487. The van der Waals surface area contributed by atoms with E-state index < -0.39 is 0 Å². The van der Waals surface area contributed by atoms with Crippen LogP contribution < -0.4 is 0 Å². The molecule has 0 N–H and O–H groups in total. The summed E-state index contributed by atoms with van der Waals surface area (Å²) in [4.78, 5) is 16.0. The number of nitrogens with zero attached hydrogens (tertiary/aromatic N) is 4. The molecule has 0 amide bonds. The van der Waals surface area contributed by atoms with E-state index in [1.54, 1.807) is 0 Å². The highest BCUT2D eigenvalue weighted by molar-refractivity contribution is 6.25. The molecular formula is C63H34N4O3. The van der Waals surface area contributed by atoms with Crippen LogP contribution in [-0.4, -0.2) is 19.5 Å². The van der Waals surface area contributed by atoms with E-state index in [1.165, 1.54) is 32.3 Å². The predicted octanol–water partition coefficient (Wildman–Crippen LogP) is 17.1. The first kappa shape index (κ1) is 37.5. The third-order valence-corrected chi connectivity index (χ3v) is 14.4. The van der Waals surface area contributed by atoms with Gasteiger partial charge < -0.3 is 17.8 Å². The molecule has 0 aliphatic rings.